The third-order valence-electron chi connectivity index (χ3n) is 1.40. The van der Waals surface area contributed by atoms with Gasteiger partial charge in [-0.05, 0) is 0 Å². The van der Waals surface area contributed by atoms with Gasteiger partial charge in [0.1, 0.15) is 9.53 Å². The van der Waals surface area contributed by atoms with Crippen LogP contribution in [0.25, 0.3) is 9.53 Å². The molecule has 0 spiro atoms. The Morgan fingerprint density at radius 1 is 1.54 bits per heavy atom. The van der Waals surface area contributed by atoms with Gasteiger partial charge in [-0.2, -0.15) is 0 Å². The predicted octanol–water partition coefficient (Wildman–Crippen LogP) is 2.50. The molecule has 2 heterocycles. The number of hydrogen-bond donors (Lipinski definition) is 0. The average molecular weight is 215 g/mol. The summed E-state index contributed by atoms with van der Waals surface area (Å²) >= 11 is 2.88. The average Bonchev–Trinajstić information content (AvgIpc) is 2.69. The van der Waals surface area contributed by atoms with E-state index in [1.807, 2.05) is 0 Å². The molecule has 0 radical (unpaired) electrons. The van der Waals surface area contributed by atoms with Crippen molar-refractivity contribution in [3.05, 3.63) is 10.9 Å². The second-order valence-electron chi connectivity index (χ2n) is 2.14. The number of fused-ring (bicyclic) bond motifs is 1. The minimum absolute atomic E-state index is 0.523. The molecule has 0 unspecified atom stereocenters. The fourth-order valence-electron chi connectivity index (χ4n) is 0.848. The number of hydrogen-bond acceptors (Lipinski definition) is 6. The van der Waals surface area contributed by atoms with Crippen LogP contribution in [-0.4, -0.2) is 18.2 Å². The van der Waals surface area contributed by atoms with Crippen molar-refractivity contribution < 1.29 is 14.3 Å². The SMILES string of the molecule is COC(=O)Oc1csc2ncsc12. The Labute approximate surface area is 81.7 Å². The summed E-state index contributed by atoms with van der Waals surface area (Å²) in [7, 11) is 1.28. The van der Waals surface area contributed by atoms with E-state index in [1.54, 1.807) is 10.9 Å². The Balaban J connectivity index is 2.33. The summed E-state index contributed by atoms with van der Waals surface area (Å²) in [5.41, 5.74) is 1.71. The fourth-order valence-corrected chi connectivity index (χ4v) is 2.62. The molecule has 68 valence electrons. The largest absolute Gasteiger partial charge is 0.513 e. The molecule has 0 fully saturated rings. The van der Waals surface area contributed by atoms with Crippen molar-refractivity contribution in [3.8, 4) is 5.75 Å². The lowest BCUT2D eigenvalue weighted by molar-refractivity contribution is 0.122. The van der Waals surface area contributed by atoms with Gasteiger partial charge in [-0.15, -0.1) is 22.7 Å². The zero-order valence-corrected chi connectivity index (χ0v) is 8.28. The molecule has 2 rings (SSSR count). The van der Waals surface area contributed by atoms with Gasteiger partial charge < -0.3 is 9.47 Å². The highest BCUT2D eigenvalue weighted by atomic mass is 32.1. The number of thiazole rings is 1. The van der Waals surface area contributed by atoms with Gasteiger partial charge in [0, 0.05) is 5.38 Å². The molecule has 0 aliphatic heterocycles. The number of ether oxygens (including phenoxy) is 2. The first kappa shape index (κ1) is 8.46. The highest BCUT2D eigenvalue weighted by Crippen LogP contribution is 2.34. The normalized spacial score (nSPS) is 10.2. The van der Waals surface area contributed by atoms with E-state index in [2.05, 4.69) is 9.72 Å². The van der Waals surface area contributed by atoms with Gasteiger partial charge in [-0.1, -0.05) is 0 Å². The van der Waals surface area contributed by atoms with E-state index in [4.69, 9.17) is 4.74 Å². The number of carbonyl (C=O) groups excluding carboxylic acids is 1. The van der Waals surface area contributed by atoms with Crippen LogP contribution < -0.4 is 4.74 Å². The molecule has 2 aromatic heterocycles. The Hall–Kier alpha value is -1.14. The molecule has 2 aromatic rings. The van der Waals surface area contributed by atoms with E-state index < -0.39 is 6.16 Å². The molecular formula is C7H5NO3S2. The van der Waals surface area contributed by atoms with Crippen LogP contribution in [0.15, 0.2) is 10.9 Å². The van der Waals surface area contributed by atoms with Crippen LogP contribution in [0.5, 0.6) is 5.75 Å². The highest BCUT2D eigenvalue weighted by molar-refractivity contribution is 7.25. The predicted molar refractivity (Wildman–Crippen MR) is 50.5 cm³/mol. The second-order valence-corrected chi connectivity index (χ2v) is 3.86. The van der Waals surface area contributed by atoms with Crippen molar-refractivity contribution in [2.24, 2.45) is 0 Å². The Kier molecular flexibility index (Phi) is 2.15. The Bertz CT molecular complexity index is 434. The Morgan fingerprint density at radius 2 is 2.38 bits per heavy atom. The van der Waals surface area contributed by atoms with Crippen LogP contribution in [0.3, 0.4) is 0 Å². The first-order chi connectivity index (χ1) is 6.31. The molecule has 0 bridgehead atoms. The lowest BCUT2D eigenvalue weighted by Crippen LogP contribution is -2.06. The van der Waals surface area contributed by atoms with Gasteiger partial charge in [-0.25, -0.2) is 9.78 Å². The second kappa shape index (κ2) is 3.31. The molecule has 0 saturated heterocycles. The topological polar surface area (TPSA) is 48.4 Å². The minimum atomic E-state index is -0.701. The van der Waals surface area contributed by atoms with Crippen LogP contribution in [-0.2, 0) is 4.74 Å². The first-order valence-corrected chi connectivity index (χ1v) is 5.13. The van der Waals surface area contributed by atoms with Crippen LogP contribution in [0.4, 0.5) is 4.79 Å². The quantitative estimate of drug-likeness (QED) is 0.686. The summed E-state index contributed by atoms with van der Waals surface area (Å²) in [6.45, 7) is 0. The molecule has 0 atom stereocenters. The summed E-state index contributed by atoms with van der Waals surface area (Å²) in [5, 5.41) is 1.74. The maximum absolute atomic E-state index is 10.8. The summed E-state index contributed by atoms with van der Waals surface area (Å²) in [6, 6.07) is 0. The molecule has 0 saturated carbocycles. The maximum atomic E-state index is 10.8. The van der Waals surface area contributed by atoms with Gasteiger partial charge in [0.25, 0.3) is 0 Å². The Morgan fingerprint density at radius 3 is 3.15 bits per heavy atom. The van der Waals surface area contributed by atoms with Crippen molar-refractivity contribution in [1.82, 2.24) is 4.98 Å². The zero-order valence-electron chi connectivity index (χ0n) is 6.64. The molecule has 0 aliphatic carbocycles. The summed E-state index contributed by atoms with van der Waals surface area (Å²) in [4.78, 5) is 15.7. The number of nitrogens with zero attached hydrogens (tertiary/aromatic N) is 1. The highest BCUT2D eigenvalue weighted by Gasteiger charge is 2.11. The lowest BCUT2D eigenvalue weighted by Gasteiger charge is -1.97. The molecule has 0 aromatic carbocycles. The van der Waals surface area contributed by atoms with E-state index in [9.17, 15) is 4.79 Å². The van der Waals surface area contributed by atoms with Crippen LogP contribution >= 0.6 is 22.7 Å². The van der Waals surface area contributed by atoms with E-state index in [0.29, 0.717) is 5.75 Å². The fraction of sp³-hybridized carbons (Fsp3) is 0.143. The summed E-state index contributed by atoms with van der Waals surface area (Å²) in [6.07, 6.45) is -0.701. The van der Waals surface area contributed by atoms with Crippen molar-refractivity contribution in [3.63, 3.8) is 0 Å². The van der Waals surface area contributed by atoms with Crippen molar-refractivity contribution in [1.29, 1.82) is 0 Å². The molecule has 4 nitrogen and oxygen atoms in total. The van der Waals surface area contributed by atoms with Crippen LogP contribution in [0.2, 0.25) is 0 Å². The maximum Gasteiger partial charge on any atom is 0.513 e. The number of methoxy groups -OCH3 is 1. The van der Waals surface area contributed by atoms with E-state index >= 15 is 0 Å². The smallest absolute Gasteiger partial charge is 0.437 e. The van der Waals surface area contributed by atoms with E-state index in [1.165, 1.54) is 29.8 Å². The van der Waals surface area contributed by atoms with Crippen molar-refractivity contribution in [2.45, 2.75) is 0 Å². The molecule has 13 heavy (non-hydrogen) atoms. The monoisotopic (exact) mass is 215 g/mol. The molecule has 6 heteroatoms. The summed E-state index contributed by atoms with van der Waals surface area (Å²) in [5.74, 6) is 0.523. The molecule has 0 amide bonds. The number of rotatable bonds is 1. The number of carbonyl (C=O) groups is 1. The van der Waals surface area contributed by atoms with Gasteiger partial charge in [-0.3, -0.25) is 0 Å². The van der Waals surface area contributed by atoms with Crippen molar-refractivity contribution >= 4 is 38.4 Å². The number of aromatic nitrogens is 1. The third kappa shape index (κ3) is 1.50. The summed E-state index contributed by atoms with van der Waals surface area (Å²) < 4.78 is 10.2. The van der Waals surface area contributed by atoms with E-state index in [-0.39, 0.29) is 0 Å². The van der Waals surface area contributed by atoms with Gasteiger partial charge in [0.2, 0.25) is 0 Å². The third-order valence-corrected chi connectivity index (χ3v) is 3.23. The van der Waals surface area contributed by atoms with Crippen LogP contribution in [0, 0.1) is 0 Å². The van der Waals surface area contributed by atoms with Gasteiger partial charge in [0.05, 0.1) is 12.6 Å². The molecule has 0 N–H and O–H groups in total. The standard InChI is InChI=1S/C7H5NO3S2/c1-10-7(9)11-4-2-12-6-5(4)13-3-8-6/h2-3H,1H3. The zero-order chi connectivity index (χ0) is 9.26. The van der Waals surface area contributed by atoms with Crippen molar-refractivity contribution in [2.75, 3.05) is 7.11 Å². The van der Waals surface area contributed by atoms with E-state index in [0.717, 1.165) is 9.53 Å². The number of thiophene rings is 1. The van der Waals surface area contributed by atoms with Gasteiger partial charge in [0.15, 0.2) is 5.75 Å². The van der Waals surface area contributed by atoms with Gasteiger partial charge >= 0.3 is 6.16 Å². The van der Waals surface area contributed by atoms with Crippen LogP contribution in [0.1, 0.15) is 0 Å². The lowest BCUT2D eigenvalue weighted by atomic mass is 10.6. The molecular weight excluding hydrogens is 210 g/mol. The first-order valence-electron chi connectivity index (χ1n) is 3.37. The minimum Gasteiger partial charge on any atom is -0.437 e. The molecule has 0 aliphatic rings.